The van der Waals surface area contributed by atoms with E-state index < -0.39 is 0 Å². The molecule has 0 atom stereocenters. The molecule has 0 fully saturated rings. The summed E-state index contributed by atoms with van der Waals surface area (Å²) < 4.78 is 3.16. The molecule has 0 radical (unpaired) electrons. The Morgan fingerprint density at radius 2 is 1.94 bits per heavy atom. The Labute approximate surface area is 117 Å². The summed E-state index contributed by atoms with van der Waals surface area (Å²) in [6.07, 6.45) is 1.90. The maximum absolute atomic E-state index is 4.46. The van der Waals surface area contributed by atoms with Crippen LogP contribution in [0.25, 0.3) is 16.9 Å². The molecule has 0 bridgehead atoms. The number of nitrogens with zero attached hydrogens (tertiary/aromatic N) is 2. The monoisotopic (exact) mass is 352 g/mol. The van der Waals surface area contributed by atoms with Crippen molar-refractivity contribution in [1.82, 2.24) is 9.78 Å². The van der Waals surface area contributed by atoms with Crippen LogP contribution in [-0.2, 0) is 0 Å². The molecule has 2 aromatic heterocycles. The lowest BCUT2D eigenvalue weighted by molar-refractivity contribution is 0.888. The number of rotatable bonds is 2. The fourth-order valence-corrected chi connectivity index (χ4v) is 3.06. The Balaban J connectivity index is 2.20. The van der Waals surface area contributed by atoms with E-state index in [0.717, 1.165) is 11.4 Å². The summed E-state index contributed by atoms with van der Waals surface area (Å²) in [5.74, 6) is 0. The largest absolute Gasteiger partial charge is 0.232 e. The van der Waals surface area contributed by atoms with E-state index in [0.29, 0.717) is 0 Å². The van der Waals surface area contributed by atoms with Gasteiger partial charge in [-0.1, -0.05) is 18.2 Å². The summed E-state index contributed by atoms with van der Waals surface area (Å²) in [5.41, 5.74) is 3.48. The summed E-state index contributed by atoms with van der Waals surface area (Å²) in [4.78, 5) is 0. The van der Waals surface area contributed by atoms with Crippen LogP contribution < -0.4 is 0 Å². The van der Waals surface area contributed by atoms with E-state index in [4.69, 9.17) is 0 Å². The molecule has 4 heteroatoms. The number of halogens is 1. The molecule has 0 aliphatic rings. The van der Waals surface area contributed by atoms with Gasteiger partial charge in [0.1, 0.15) is 0 Å². The minimum Gasteiger partial charge on any atom is -0.232 e. The fourth-order valence-electron chi connectivity index (χ4n) is 1.75. The molecule has 3 aromatic rings. The standard InChI is InChI=1S/C13H9IN2S/c14-12-8-15-16(11-4-2-1-3-5-11)13(12)10-6-7-17-9-10/h1-9H. The first-order valence-corrected chi connectivity index (χ1v) is 7.20. The molecule has 1 aromatic carbocycles. The van der Waals surface area contributed by atoms with Gasteiger partial charge in [0.05, 0.1) is 21.1 Å². The molecule has 0 saturated carbocycles. The number of benzene rings is 1. The molecule has 3 rings (SSSR count). The summed E-state index contributed by atoms with van der Waals surface area (Å²) in [6, 6.07) is 12.3. The lowest BCUT2D eigenvalue weighted by Gasteiger charge is -2.06. The zero-order chi connectivity index (χ0) is 11.7. The molecule has 2 heterocycles. The van der Waals surface area contributed by atoms with Crippen molar-refractivity contribution in [2.75, 3.05) is 0 Å². The highest BCUT2D eigenvalue weighted by molar-refractivity contribution is 14.1. The van der Waals surface area contributed by atoms with Gasteiger partial charge in [-0.3, -0.25) is 0 Å². The van der Waals surface area contributed by atoms with Crippen LogP contribution in [0, 0.1) is 3.57 Å². The number of aromatic nitrogens is 2. The van der Waals surface area contributed by atoms with Gasteiger partial charge in [0.2, 0.25) is 0 Å². The Morgan fingerprint density at radius 1 is 1.12 bits per heavy atom. The quantitative estimate of drug-likeness (QED) is 0.632. The minimum absolute atomic E-state index is 1.09. The molecule has 0 amide bonds. The Hall–Kier alpha value is -1.14. The normalized spacial score (nSPS) is 10.6. The summed E-state index contributed by atoms with van der Waals surface area (Å²) in [7, 11) is 0. The van der Waals surface area contributed by atoms with E-state index in [2.05, 4.69) is 56.6 Å². The van der Waals surface area contributed by atoms with Crippen LogP contribution in [0.15, 0.2) is 53.4 Å². The van der Waals surface area contributed by atoms with Crippen molar-refractivity contribution in [1.29, 1.82) is 0 Å². The van der Waals surface area contributed by atoms with Crippen LogP contribution in [0.3, 0.4) is 0 Å². The maximum atomic E-state index is 4.46. The first-order valence-electron chi connectivity index (χ1n) is 5.18. The highest BCUT2D eigenvalue weighted by Crippen LogP contribution is 2.29. The van der Waals surface area contributed by atoms with Crippen molar-refractivity contribution in [3.63, 3.8) is 0 Å². The van der Waals surface area contributed by atoms with Crippen molar-refractivity contribution in [3.05, 3.63) is 56.9 Å². The third-order valence-electron chi connectivity index (χ3n) is 2.52. The van der Waals surface area contributed by atoms with Gasteiger partial charge in [0.25, 0.3) is 0 Å². The van der Waals surface area contributed by atoms with Crippen LogP contribution in [0.2, 0.25) is 0 Å². The van der Waals surface area contributed by atoms with Gasteiger partial charge in [-0.25, -0.2) is 4.68 Å². The predicted molar refractivity (Wildman–Crippen MR) is 79.6 cm³/mol. The molecule has 84 valence electrons. The van der Waals surface area contributed by atoms with Crippen LogP contribution in [0.5, 0.6) is 0 Å². The Morgan fingerprint density at radius 3 is 2.65 bits per heavy atom. The SMILES string of the molecule is Ic1cnn(-c2ccccc2)c1-c1ccsc1. The summed E-state index contributed by atoms with van der Waals surface area (Å²) in [6.45, 7) is 0. The molecule has 0 spiro atoms. The lowest BCUT2D eigenvalue weighted by Crippen LogP contribution is -1.98. The van der Waals surface area contributed by atoms with Gasteiger partial charge >= 0.3 is 0 Å². The highest BCUT2D eigenvalue weighted by Gasteiger charge is 2.12. The number of hydrogen-bond donors (Lipinski definition) is 0. The van der Waals surface area contributed by atoms with Crippen LogP contribution in [-0.4, -0.2) is 9.78 Å². The zero-order valence-electron chi connectivity index (χ0n) is 8.88. The lowest BCUT2D eigenvalue weighted by atomic mass is 10.2. The first kappa shape index (κ1) is 11.0. The van der Waals surface area contributed by atoms with Crippen LogP contribution >= 0.6 is 33.9 Å². The molecule has 0 unspecified atom stereocenters. The van der Waals surface area contributed by atoms with E-state index in [1.54, 1.807) is 11.3 Å². The van der Waals surface area contributed by atoms with Crippen LogP contribution in [0.1, 0.15) is 0 Å². The second kappa shape index (κ2) is 4.62. The number of thiophene rings is 1. The van der Waals surface area contributed by atoms with Crippen molar-refractivity contribution in [2.24, 2.45) is 0 Å². The number of hydrogen-bond acceptors (Lipinski definition) is 2. The van der Waals surface area contributed by atoms with Crippen molar-refractivity contribution >= 4 is 33.9 Å². The second-order valence-corrected chi connectivity index (χ2v) is 5.54. The van der Waals surface area contributed by atoms with Gasteiger partial charge in [-0.05, 0) is 46.2 Å². The van der Waals surface area contributed by atoms with Crippen molar-refractivity contribution in [2.45, 2.75) is 0 Å². The van der Waals surface area contributed by atoms with E-state index in [-0.39, 0.29) is 0 Å². The molecule has 17 heavy (non-hydrogen) atoms. The van der Waals surface area contributed by atoms with Gasteiger partial charge in [0.15, 0.2) is 0 Å². The highest BCUT2D eigenvalue weighted by atomic mass is 127. The van der Waals surface area contributed by atoms with Gasteiger partial charge < -0.3 is 0 Å². The molecule has 0 aliphatic carbocycles. The molecule has 2 nitrogen and oxygen atoms in total. The van der Waals surface area contributed by atoms with Gasteiger partial charge in [-0.15, -0.1) is 0 Å². The smallest absolute Gasteiger partial charge is 0.0882 e. The van der Waals surface area contributed by atoms with E-state index in [9.17, 15) is 0 Å². The van der Waals surface area contributed by atoms with Crippen molar-refractivity contribution < 1.29 is 0 Å². The molecular weight excluding hydrogens is 343 g/mol. The van der Waals surface area contributed by atoms with Crippen molar-refractivity contribution in [3.8, 4) is 16.9 Å². The zero-order valence-corrected chi connectivity index (χ0v) is 11.9. The summed E-state index contributed by atoms with van der Waals surface area (Å²) >= 11 is 4.04. The number of para-hydroxylation sites is 1. The van der Waals surface area contributed by atoms with E-state index >= 15 is 0 Å². The topological polar surface area (TPSA) is 17.8 Å². The fraction of sp³-hybridized carbons (Fsp3) is 0. The Kier molecular flexibility index (Phi) is 2.98. The maximum Gasteiger partial charge on any atom is 0.0882 e. The Bertz CT molecular complexity index is 614. The predicted octanol–water partition coefficient (Wildman–Crippen LogP) is 4.21. The third-order valence-corrected chi connectivity index (χ3v) is 3.99. The van der Waals surface area contributed by atoms with E-state index in [1.807, 2.05) is 29.1 Å². The van der Waals surface area contributed by atoms with E-state index in [1.165, 1.54) is 9.13 Å². The molecule has 0 saturated heterocycles. The average molecular weight is 352 g/mol. The van der Waals surface area contributed by atoms with Crippen LogP contribution in [0.4, 0.5) is 0 Å². The second-order valence-electron chi connectivity index (χ2n) is 3.60. The van der Waals surface area contributed by atoms with Gasteiger partial charge in [0, 0.05) is 10.9 Å². The average Bonchev–Trinajstić information content (AvgIpc) is 2.99. The minimum atomic E-state index is 1.09. The molecular formula is C13H9IN2S. The summed E-state index contributed by atoms with van der Waals surface area (Å²) in [5, 5.41) is 8.70. The molecule has 0 aliphatic heterocycles. The molecule has 0 N–H and O–H groups in total. The first-order chi connectivity index (χ1) is 8.36. The third kappa shape index (κ3) is 2.02. The van der Waals surface area contributed by atoms with Gasteiger partial charge in [-0.2, -0.15) is 16.4 Å².